The molecule has 0 fully saturated rings. The van der Waals surface area contributed by atoms with Crippen molar-refractivity contribution in [3.63, 3.8) is 0 Å². The quantitative estimate of drug-likeness (QED) is 0.252. The molecule has 0 saturated heterocycles. The van der Waals surface area contributed by atoms with Crippen molar-refractivity contribution in [3.05, 3.63) is 96.1 Å². The summed E-state index contributed by atoms with van der Waals surface area (Å²) in [6.45, 7) is 3.91. The Bertz CT molecular complexity index is 1220. The molecule has 1 N–H and O–H groups in total. The summed E-state index contributed by atoms with van der Waals surface area (Å²) in [4.78, 5) is 12.4. The van der Waals surface area contributed by atoms with Gasteiger partial charge in [-0.25, -0.2) is 5.43 Å². The molecule has 4 aromatic rings. The zero-order valence-electron chi connectivity index (χ0n) is 17.9. The van der Waals surface area contributed by atoms with Gasteiger partial charge in [-0.3, -0.25) is 9.36 Å². The molecular weight excluding hydrogens is 418 g/mol. The average molecular weight is 442 g/mol. The van der Waals surface area contributed by atoms with Crippen LogP contribution in [0, 0.1) is 6.92 Å². The second-order valence-corrected chi connectivity index (χ2v) is 8.17. The Balaban J connectivity index is 1.49. The summed E-state index contributed by atoms with van der Waals surface area (Å²) in [5.41, 5.74) is 7.43. The molecule has 0 aliphatic heterocycles. The summed E-state index contributed by atoms with van der Waals surface area (Å²) < 4.78 is 1.97. The zero-order chi connectivity index (χ0) is 22.3. The minimum absolute atomic E-state index is 0.171. The zero-order valence-corrected chi connectivity index (χ0v) is 18.7. The van der Waals surface area contributed by atoms with E-state index >= 15 is 0 Å². The minimum Gasteiger partial charge on any atom is -0.272 e. The molecule has 0 bridgehead atoms. The summed E-state index contributed by atoms with van der Waals surface area (Å²) in [7, 11) is 0. The monoisotopic (exact) mass is 441 g/mol. The normalized spacial score (nSPS) is 11.4. The van der Waals surface area contributed by atoms with Crippen LogP contribution in [0.15, 0.2) is 95.2 Å². The highest BCUT2D eigenvalue weighted by Crippen LogP contribution is 2.27. The van der Waals surface area contributed by atoms with Crippen LogP contribution in [0.2, 0.25) is 0 Å². The van der Waals surface area contributed by atoms with Gasteiger partial charge in [-0.15, -0.1) is 10.2 Å². The molecule has 0 unspecified atom stereocenters. The Morgan fingerprint density at radius 2 is 1.59 bits per heavy atom. The van der Waals surface area contributed by atoms with E-state index in [2.05, 4.69) is 20.7 Å². The Hall–Kier alpha value is -3.71. The maximum Gasteiger partial charge on any atom is 0.250 e. The van der Waals surface area contributed by atoms with Crippen LogP contribution in [-0.4, -0.2) is 32.1 Å². The Labute approximate surface area is 191 Å². The number of thioether (sulfide) groups is 1. The van der Waals surface area contributed by atoms with E-state index in [4.69, 9.17) is 0 Å². The van der Waals surface area contributed by atoms with Gasteiger partial charge in [0.05, 0.1) is 11.5 Å². The van der Waals surface area contributed by atoms with Gasteiger partial charge in [0.1, 0.15) is 0 Å². The number of nitrogens with zero attached hydrogens (tertiary/aromatic N) is 4. The third-order valence-corrected chi connectivity index (χ3v) is 5.76. The number of carbonyl (C=O) groups is 1. The van der Waals surface area contributed by atoms with Crippen LogP contribution in [0.3, 0.4) is 0 Å². The fourth-order valence-corrected chi connectivity index (χ4v) is 3.86. The first-order chi connectivity index (χ1) is 15.6. The van der Waals surface area contributed by atoms with E-state index in [0.717, 1.165) is 28.4 Å². The highest BCUT2D eigenvalue weighted by Gasteiger charge is 2.17. The van der Waals surface area contributed by atoms with Gasteiger partial charge in [0.25, 0.3) is 5.91 Å². The van der Waals surface area contributed by atoms with Crippen molar-refractivity contribution >= 4 is 23.4 Å². The number of carbonyl (C=O) groups excluding carboxylic acids is 1. The highest BCUT2D eigenvalue weighted by molar-refractivity contribution is 7.99. The number of aryl methyl sites for hydroxylation is 1. The molecule has 160 valence electrons. The summed E-state index contributed by atoms with van der Waals surface area (Å²) in [6, 6.07) is 27.8. The second kappa shape index (κ2) is 10.1. The number of amides is 1. The maximum absolute atomic E-state index is 12.4. The van der Waals surface area contributed by atoms with Gasteiger partial charge in [-0.05, 0) is 31.5 Å². The van der Waals surface area contributed by atoms with Gasteiger partial charge in [0, 0.05) is 11.3 Å². The standard InChI is InChI=1S/C25H23N5OS/c1-18-13-15-20(16-14-18)19(2)26-27-23(31)17-32-25-29-28-24(21-9-5-3-6-10-21)30(25)22-11-7-4-8-12-22/h3-16H,17H2,1-2H3,(H,27,31)/b26-19-. The fourth-order valence-electron chi connectivity index (χ4n) is 3.12. The van der Waals surface area contributed by atoms with Crippen LogP contribution in [0.25, 0.3) is 17.1 Å². The summed E-state index contributed by atoms with van der Waals surface area (Å²) in [5, 5.41) is 13.6. The fraction of sp³-hybridized carbons (Fsp3) is 0.120. The molecule has 0 aliphatic carbocycles. The lowest BCUT2D eigenvalue weighted by Gasteiger charge is -2.10. The van der Waals surface area contributed by atoms with E-state index in [9.17, 15) is 4.79 Å². The van der Waals surface area contributed by atoms with Crippen LogP contribution >= 0.6 is 11.8 Å². The van der Waals surface area contributed by atoms with Crippen LogP contribution in [0.4, 0.5) is 0 Å². The number of hydrogen-bond donors (Lipinski definition) is 1. The average Bonchev–Trinajstić information content (AvgIpc) is 3.27. The minimum atomic E-state index is -0.203. The first-order valence-electron chi connectivity index (χ1n) is 10.2. The largest absolute Gasteiger partial charge is 0.272 e. The number of para-hydroxylation sites is 1. The van der Waals surface area contributed by atoms with E-state index in [0.29, 0.717) is 5.16 Å². The van der Waals surface area contributed by atoms with Crippen molar-refractivity contribution in [1.82, 2.24) is 20.2 Å². The molecule has 4 rings (SSSR count). The molecule has 1 amide bonds. The van der Waals surface area contributed by atoms with Gasteiger partial charge in [-0.2, -0.15) is 5.10 Å². The van der Waals surface area contributed by atoms with E-state index in [-0.39, 0.29) is 11.7 Å². The first kappa shape index (κ1) is 21.5. The van der Waals surface area contributed by atoms with Gasteiger partial charge < -0.3 is 0 Å². The smallest absolute Gasteiger partial charge is 0.250 e. The van der Waals surface area contributed by atoms with E-state index in [1.807, 2.05) is 103 Å². The van der Waals surface area contributed by atoms with Crippen molar-refractivity contribution < 1.29 is 4.79 Å². The SMILES string of the molecule is C/C(=N/NC(=O)CSc1nnc(-c2ccccc2)n1-c1ccccc1)c1ccc(C)cc1. The molecule has 7 heteroatoms. The maximum atomic E-state index is 12.4. The predicted molar refractivity (Wildman–Crippen MR) is 129 cm³/mol. The lowest BCUT2D eigenvalue weighted by molar-refractivity contribution is -0.118. The Morgan fingerprint density at radius 3 is 2.28 bits per heavy atom. The highest BCUT2D eigenvalue weighted by atomic mass is 32.2. The third kappa shape index (κ3) is 5.12. The van der Waals surface area contributed by atoms with E-state index < -0.39 is 0 Å². The number of rotatable bonds is 7. The van der Waals surface area contributed by atoms with E-state index in [1.165, 1.54) is 17.3 Å². The molecule has 6 nitrogen and oxygen atoms in total. The van der Waals surface area contributed by atoms with Crippen LogP contribution < -0.4 is 5.43 Å². The summed E-state index contributed by atoms with van der Waals surface area (Å²) in [6.07, 6.45) is 0. The molecule has 3 aromatic carbocycles. The molecule has 0 radical (unpaired) electrons. The van der Waals surface area contributed by atoms with Crippen molar-refractivity contribution in [3.8, 4) is 17.1 Å². The van der Waals surface area contributed by atoms with Crippen molar-refractivity contribution in [2.24, 2.45) is 5.10 Å². The molecule has 0 spiro atoms. The van der Waals surface area contributed by atoms with Crippen molar-refractivity contribution in [2.45, 2.75) is 19.0 Å². The second-order valence-electron chi connectivity index (χ2n) is 7.23. The van der Waals surface area contributed by atoms with Crippen LogP contribution in [-0.2, 0) is 4.79 Å². The Morgan fingerprint density at radius 1 is 0.938 bits per heavy atom. The molecule has 0 aliphatic rings. The predicted octanol–water partition coefficient (Wildman–Crippen LogP) is 4.88. The molecule has 1 heterocycles. The summed E-state index contributed by atoms with van der Waals surface area (Å²) in [5.74, 6) is 0.697. The van der Waals surface area contributed by atoms with Gasteiger partial charge in [0.15, 0.2) is 11.0 Å². The summed E-state index contributed by atoms with van der Waals surface area (Å²) >= 11 is 1.32. The Kier molecular flexibility index (Phi) is 6.77. The molecular formula is C25H23N5OS. The first-order valence-corrected chi connectivity index (χ1v) is 11.2. The van der Waals surface area contributed by atoms with Crippen LogP contribution in [0.1, 0.15) is 18.1 Å². The molecule has 0 saturated carbocycles. The van der Waals surface area contributed by atoms with Gasteiger partial charge >= 0.3 is 0 Å². The number of benzene rings is 3. The van der Waals surface area contributed by atoms with Crippen molar-refractivity contribution in [2.75, 3.05) is 5.75 Å². The van der Waals surface area contributed by atoms with Gasteiger partial charge in [-0.1, -0.05) is 90.1 Å². The number of hydrazone groups is 1. The number of hydrogen-bond acceptors (Lipinski definition) is 5. The number of aromatic nitrogens is 3. The molecule has 0 atom stereocenters. The third-order valence-electron chi connectivity index (χ3n) is 4.83. The topological polar surface area (TPSA) is 72.2 Å². The lowest BCUT2D eigenvalue weighted by atomic mass is 10.1. The lowest BCUT2D eigenvalue weighted by Crippen LogP contribution is -2.21. The number of nitrogens with one attached hydrogen (secondary N) is 1. The van der Waals surface area contributed by atoms with Crippen molar-refractivity contribution in [1.29, 1.82) is 0 Å². The van der Waals surface area contributed by atoms with Gasteiger partial charge in [0.2, 0.25) is 0 Å². The molecule has 32 heavy (non-hydrogen) atoms. The van der Waals surface area contributed by atoms with E-state index in [1.54, 1.807) is 0 Å². The molecule has 1 aromatic heterocycles. The van der Waals surface area contributed by atoms with Crippen LogP contribution in [0.5, 0.6) is 0 Å².